The zero-order valence-corrected chi connectivity index (χ0v) is 10.4. The molecule has 19 heavy (non-hydrogen) atoms. The van der Waals surface area contributed by atoms with Crippen LogP contribution in [0.4, 0.5) is 0 Å². The second kappa shape index (κ2) is 5.42. The summed E-state index contributed by atoms with van der Waals surface area (Å²) in [4.78, 5) is 10.7. The topological polar surface area (TPSA) is 74.2 Å². The highest BCUT2D eigenvalue weighted by Crippen LogP contribution is 2.25. The van der Waals surface area contributed by atoms with Crippen molar-refractivity contribution < 1.29 is 14.3 Å². The quantitative estimate of drug-likeness (QED) is 0.685. The molecule has 0 atom stereocenters. The van der Waals surface area contributed by atoms with E-state index in [1.54, 1.807) is 36.4 Å². The van der Waals surface area contributed by atoms with Crippen LogP contribution in [-0.2, 0) is 4.79 Å². The molecule has 0 aliphatic rings. The van der Waals surface area contributed by atoms with Crippen molar-refractivity contribution in [1.82, 2.24) is 0 Å². The Morgan fingerprint density at radius 2 is 2.16 bits per heavy atom. The monoisotopic (exact) mass is 273 g/mol. The number of halogens is 1. The van der Waals surface area contributed by atoms with E-state index in [0.29, 0.717) is 16.5 Å². The average molecular weight is 274 g/mol. The van der Waals surface area contributed by atoms with Gasteiger partial charge in [-0.05, 0) is 24.3 Å². The van der Waals surface area contributed by atoms with Gasteiger partial charge in [-0.15, -0.1) is 0 Å². The highest BCUT2D eigenvalue weighted by Gasteiger charge is 2.09. The molecular weight excluding hydrogens is 266 g/mol. The van der Waals surface area contributed by atoms with E-state index in [1.807, 2.05) is 6.07 Å². The van der Waals surface area contributed by atoms with Crippen LogP contribution < -0.4 is 0 Å². The molecule has 1 aromatic carbocycles. The van der Waals surface area contributed by atoms with Gasteiger partial charge in [-0.2, -0.15) is 5.26 Å². The molecule has 0 saturated heterocycles. The predicted octanol–water partition coefficient (Wildman–Crippen LogP) is 3.59. The molecule has 1 heterocycles. The summed E-state index contributed by atoms with van der Waals surface area (Å²) in [7, 11) is 0. The molecule has 1 N–H and O–H groups in total. The first kappa shape index (κ1) is 12.9. The Morgan fingerprint density at radius 3 is 2.79 bits per heavy atom. The first-order valence-corrected chi connectivity index (χ1v) is 5.69. The molecule has 4 nitrogen and oxygen atoms in total. The van der Waals surface area contributed by atoms with E-state index >= 15 is 0 Å². The lowest BCUT2D eigenvalue weighted by Gasteiger charge is -1.97. The fraction of sp³-hybridized carbons (Fsp3) is 0. The van der Waals surface area contributed by atoms with Crippen LogP contribution in [0.2, 0.25) is 5.02 Å². The van der Waals surface area contributed by atoms with E-state index in [0.717, 1.165) is 5.56 Å². The number of hydrogen-bond acceptors (Lipinski definition) is 3. The summed E-state index contributed by atoms with van der Waals surface area (Å²) >= 11 is 5.88. The number of hydrogen-bond donors (Lipinski definition) is 1. The third-order valence-electron chi connectivity index (χ3n) is 2.37. The number of benzene rings is 1. The van der Waals surface area contributed by atoms with E-state index in [4.69, 9.17) is 26.4 Å². The fourth-order valence-corrected chi connectivity index (χ4v) is 1.70. The van der Waals surface area contributed by atoms with E-state index in [1.165, 1.54) is 6.08 Å². The maximum atomic E-state index is 10.7. The van der Waals surface area contributed by atoms with Gasteiger partial charge in [0, 0.05) is 16.7 Å². The number of carbonyl (C=O) groups is 1. The van der Waals surface area contributed by atoms with Crippen LogP contribution in [0, 0.1) is 11.3 Å². The van der Waals surface area contributed by atoms with Crippen LogP contribution >= 0.6 is 11.6 Å². The first-order valence-electron chi connectivity index (χ1n) is 5.31. The number of rotatable bonds is 3. The van der Waals surface area contributed by atoms with Crippen LogP contribution in [0.3, 0.4) is 0 Å². The maximum Gasteiger partial charge on any atom is 0.346 e. The molecule has 2 rings (SSSR count). The molecule has 1 aromatic heterocycles. The van der Waals surface area contributed by atoms with Gasteiger partial charge in [-0.3, -0.25) is 0 Å². The van der Waals surface area contributed by atoms with Crippen molar-refractivity contribution in [3.05, 3.63) is 52.8 Å². The summed E-state index contributed by atoms with van der Waals surface area (Å²) in [6, 6.07) is 12.0. The maximum absolute atomic E-state index is 10.7. The van der Waals surface area contributed by atoms with E-state index in [9.17, 15) is 4.79 Å². The standard InChI is InChI=1S/C14H8ClNO3/c15-11-3-1-2-9(6-11)13-5-4-12(19-13)7-10(8-16)14(17)18/h1-7H,(H,17,18)/b10-7-. The second-order valence-corrected chi connectivity index (χ2v) is 4.12. The molecule has 0 bridgehead atoms. The minimum atomic E-state index is -1.29. The lowest BCUT2D eigenvalue weighted by molar-refractivity contribution is -0.132. The van der Waals surface area contributed by atoms with Crippen molar-refractivity contribution >= 4 is 23.6 Å². The van der Waals surface area contributed by atoms with Gasteiger partial charge >= 0.3 is 5.97 Å². The van der Waals surface area contributed by atoms with Gasteiger partial charge in [0.05, 0.1) is 0 Å². The van der Waals surface area contributed by atoms with Gasteiger partial charge in [-0.1, -0.05) is 23.7 Å². The molecule has 0 unspecified atom stereocenters. The Bertz CT molecular complexity index is 695. The van der Waals surface area contributed by atoms with Gasteiger partial charge in [-0.25, -0.2) is 4.79 Å². The van der Waals surface area contributed by atoms with Crippen molar-refractivity contribution in [1.29, 1.82) is 5.26 Å². The Balaban J connectivity index is 2.35. The molecule has 0 amide bonds. The SMILES string of the molecule is N#C/C(=C/c1ccc(-c2cccc(Cl)c2)o1)C(=O)O. The van der Waals surface area contributed by atoms with Crippen molar-refractivity contribution in [3.8, 4) is 17.4 Å². The highest BCUT2D eigenvalue weighted by molar-refractivity contribution is 6.30. The van der Waals surface area contributed by atoms with Crippen molar-refractivity contribution in [2.24, 2.45) is 0 Å². The van der Waals surface area contributed by atoms with Gasteiger partial charge in [0.2, 0.25) is 0 Å². The number of nitriles is 1. The number of carboxylic acids is 1. The van der Waals surface area contributed by atoms with E-state index in [-0.39, 0.29) is 5.57 Å². The number of aliphatic carboxylic acids is 1. The largest absolute Gasteiger partial charge is 0.477 e. The Kier molecular flexibility index (Phi) is 3.69. The van der Waals surface area contributed by atoms with Gasteiger partial charge in [0.25, 0.3) is 0 Å². The molecule has 0 saturated carbocycles. The summed E-state index contributed by atoms with van der Waals surface area (Å²) in [5.41, 5.74) is 0.396. The number of carboxylic acid groups (broad SMARTS) is 1. The van der Waals surface area contributed by atoms with Gasteiger partial charge in [0.1, 0.15) is 23.2 Å². The van der Waals surface area contributed by atoms with Crippen LogP contribution in [0.1, 0.15) is 5.76 Å². The molecule has 0 fully saturated rings. The molecule has 0 radical (unpaired) electrons. The Morgan fingerprint density at radius 1 is 1.37 bits per heavy atom. The first-order chi connectivity index (χ1) is 9.10. The fourth-order valence-electron chi connectivity index (χ4n) is 1.51. The average Bonchev–Trinajstić information content (AvgIpc) is 2.84. The lowest BCUT2D eigenvalue weighted by Crippen LogP contribution is -1.96. The third-order valence-corrected chi connectivity index (χ3v) is 2.61. The predicted molar refractivity (Wildman–Crippen MR) is 70.4 cm³/mol. The number of nitrogens with zero attached hydrogens (tertiary/aromatic N) is 1. The summed E-state index contributed by atoms with van der Waals surface area (Å²) in [6.07, 6.45) is 1.18. The third kappa shape index (κ3) is 3.03. The summed E-state index contributed by atoms with van der Waals surface area (Å²) in [6.45, 7) is 0. The van der Waals surface area contributed by atoms with E-state index in [2.05, 4.69) is 0 Å². The molecule has 0 aliphatic heterocycles. The molecule has 2 aromatic rings. The Hall–Kier alpha value is -2.51. The van der Waals surface area contributed by atoms with Gasteiger partial charge in [0.15, 0.2) is 0 Å². The molecule has 5 heteroatoms. The minimum Gasteiger partial charge on any atom is -0.477 e. The highest BCUT2D eigenvalue weighted by atomic mass is 35.5. The zero-order valence-electron chi connectivity index (χ0n) is 9.63. The van der Waals surface area contributed by atoms with E-state index < -0.39 is 5.97 Å². The minimum absolute atomic E-state index is 0.300. The zero-order chi connectivity index (χ0) is 13.8. The smallest absolute Gasteiger partial charge is 0.346 e. The normalized spacial score (nSPS) is 11.1. The summed E-state index contributed by atoms with van der Waals surface area (Å²) < 4.78 is 5.46. The molecular formula is C14H8ClNO3. The van der Waals surface area contributed by atoms with Crippen molar-refractivity contribution in [3.63, 3.8) is 0 Å². The summed E-state index contributed by atoms with van der Waals surface area (Å²) in [5.74, 6) is -0.437. The van der Waals surface area contributed by atoms with Crippen molar-refractivity contribution in [2.45, 2.75) is 0 Å². The summed E-state index contributed by atoms with van der Waals surface area (Å²) in [5, 5.41) is 18.0. The Labute approximate surface area is 114 Å². The van der Waals surface area contributed by atoms with Crippen LogP contribution in [-0.4, -0.2) is 11.1 Å². The number of furan rings is 1. The lowest BCUT2D eigenvalue weighted by atomic mass is 10.2. The van der Waals surface area contributed by atoms with Crippen molar-refractivity contribution in [2.75, 3.05) is 0 Å². The molecule has 0 spiro atoms. The van der Waals surface area contributed by atoms with Crippen LogP contribution in [0.25, 0.3) is 17.4 Å². The second-order valence-electron chi connectivity index (χ2n) is 3.69. The molecule has 0 aliphatic carbocycles. The van der Waals surface area contributed by atoms with Crippen LogP contribution in [0.5, 0.6) is 0 Å². The van der Waals surface area contributed by atoms with Gasteiger partial charge < -0.3 is 9.52 Å². The molecule has 94 valence electrons. The van der Waals surface area contributed by atoms with Crippen LogP contribution in [0.15, 0.2) is 46.4 Å².